The minimum Gasteiger partial charge on any atom is -0.296 e. The maximum atomic E-state index is 10.9. The Balaban J connectivity index is 2.06. The van der Waals surface area contributed by atoms with Gasteiger partial charge < -0.3 is 0 Å². The van der Waals surface area contributed by atoms with Crippen LogP contribution in [0.4, 0.5) is 5.69 Å². The molecule has 0 spiro atoms. The standard InChI is InChI=1S/C11H8N2OS2/c14-8-10-11-6-7-15-16(11)13(12-10)9-4-2-1-3-5-9/h1-8H. The minimum absolute atomic E-state index is 0.166. The van der Waals surface area contributed by atoms with Gasteiger partial charge in [0.05, 0.1) is 10.6 Å². The highest BCUT2D eigenvalue weighted by Crippen LogP contribution is 2.47. The van der Waals surface area contributed by atoms with Gasteiger partial charge in [0.25, 0.3) is 0 Å². The number of carbonyl (C=O) groups is 1. The molecule has 0 bridgehead atoms. The molecule has 2 heterocycles. The van der Waals surface area contributed by atoms with Crippen LogP contribution in [0, 0.1) is 0 Å². The van der Waals surface area contributed by atoms with E-state index in [4.69, 9.17) is 0 Å². The van der Waals surface area contributed by atoms with Gasteiger partial charge in [-0.05, 0) is 34.4 Å². The van der Waals surface area contributed by atoms with Crippen molar-refractivity contribution in [3.63, 3.8) is 0 Å². The van der Waals surface area contributed by atoms with Crippen molar-refractivity contribution in [2.75, 3.05) is 4.41 Å². The van der Waals surface area contributed by atoms with E-state index in [0.717, 1.165) is 16.8 Å². The molecule has 3 nitrogen and oxygen atoms in total. The maximum absolute atomic E-state index is 10.9. The van der Waals surface area contributed by atoms with E-state index in [9.17, 15) is 4.79 Å². The molecule has 3 rings (SSSR count). The molecule has 5 heteroatoms. The summed E-state index contributed by atoms with van der Waals surface area (Å²) in [7, 11) is 1.53. The predicted octanol–water partition coefficient (Wildman–Crippen LogP) is 2.59. The van der Waals surface area contributed by atoms with E-state index >= 15 is 0 Å². The lowest BCUT2D eigenvalue weighted by Crippen LogP contribution is -2.08. The lowest BCUT2D eigenvalue weighted by Gasteiger charge is -2.16. The Hall–Kier alpha value is -1.33. The number of carbonyl (C=O) groups excluding carboxylic acids is 1. The summed E-state index contributed by atoms with van der Waals surface area (Å²) in [5, 5.41) is 6.37. The van der Waals surface area contributed by atoms with Gasteiger partial charge in [-0.15, -0.1) is 0 Å². The Morgan fingerprint density at radius 1 is 1.31 bits per heavy atom. The van der Waals surface area contributed by atoms with Crippen LogP contribution in [0.1, 0.15) is 0 Å². The molecule has 0 aromatic heterocycles. The lowest BCUT2D eigenvalue weighted by atomic mass is 10.3. The molecule has 1 atom stereocenters. The van der Waals surface area contributed by atoms with Gasteiger partial charge in [-0.25, -0.2) is 4.41 Å². The van der Waals surface area contributed by atoms with Crippen LogP contribution in [0.15, 0.2) is 46.9 Å². The summed E-state index contributed by atoms with van der Waals surface area (Å²) >= 11 is 0. The van der Waals surface area contributed by atoms with E-state index in [0.29, 0.717) is 5.71 Å². The number of benzene rings is 1. The molecule has 0 N–H and O–H groups in total. The summed E-state index contributed by atoms with van der Waals surface area (Å²) in [6, 6.07) is 9.92. The Bertz CT molecular complexity index is 534. The first-order valence-electron chi connectivity index (χ1n) is 4.74. The average molecular weight is 248 g/mol. The topological polar surface area (TPSA) is 32.7 Å². The predicted molar refractivity (Wildman–Crippen MR) is 71.7 cm³/mol. The van der Waals surface area contributed by atoms with Crippen molar-refractivity contribution in [3.05, 3.63) is 41.8 Å². The minimum atomic E-state index is -0.166. The van der Waals surface area contributed by atoms with Crippen molar-refractivity contribution in [2.45, 2.75) is 0 Å². The number of para-hydroxylation sites is 1. The third-order valence-electron chi connectivity index (χ3n) is 2.25. The number of hydrazone groups is 1. The number of allylic oxidation sites excluding steroid dienone is 1. The Kier molecular flexibility index (Phi) is 2.41. The van der Waals surface area contributed by atoms with Gasteiger partial charge in [0, 0.05) is 9.70 Å². The van der Waals surface area contributed by atoms with Crippen molar-refractivity contribution in [2.24, 2.45) is 5.10 Å². The van der Waals surface area contributed by atoms with Gasteiger partial charge >= 0.3 is 0 Å². The Morgan fingerprint density at radius 3 is 2.88 bits per heavy atom. The largest absolute Gasteiger partial charge is 0.296 e. The summed E-state index contributed by atoms with van der Waals surface area (Å²) in [6.07, 6.45) is 2.80. The molecule has 1 aromatic carbocycles. The van der Waals surface area contributed by atoms with Crippen LogP contribution < -0.4 is 4.41 Å². The second-order valence-electron chi connectivity index (χ2n) is 3.22. The van der Waals surface area contributed by atoms with Gasteiger partial charge in [0.2, 0.25) is 0 Å². The Labute approximate surface area is 99.3 Å². The van der Waals surface area contributed by atoms with E-state index in [1.165, 1.54) is 0 Å². The van der Waals surface area contributed by atoms with Crippen molar-refractivity contribution in [1.29, 1.82) is 0 Å². The molecule has 80 valence electrons. The lowest BCUT2D eigenvalue weighted by molar-refractivity contribution is -0.102. The molecule has 1 unspecified atom stereocenters. The van der Waals surface area contributed by atoms with E-state index in [2.05, 4.69) is 5.10 Å². The van der Waals surface area contributed by atoms with E-state index in [1.54, 1.807) is 10.8 Å². The molecule has 0 radical (unpaired) electrons. The third kappa shape index (κ3) is 1.44. The van der Waals surface area contributed by atoms with Gasteiger partial charge in [0.1, 0.15) is 5.71 Å². The number of anilines is 1. The zero-order chi connectivity index (χ0) is 11.0. The maximum Gasteiger partial charge on any atom is 0.171 e. The van der Waals surface area contributed by atoms with Crippen molar-refractivity contribution in [1.82, 2.24) is 0 Å². The van der Waals surface area contributed by atoms with Crippen molar-refractivity contribution < 1.29 is 4.79 Å². The fraction of sp³-hybridized carbons (Fsp3) is 0. The molecule has 16 heavy (non-hydrogen) atoms. The van der Waals surface area contributed by atoms with Gasteiger partial charge in [-0.1, -0.05) is 18.2 Å². The van der Waals surface area contributed by atoms with Crippen LogP contribution in [0.2, 0.25) is 0 Å². The van der Waals surface area contributed by atoms with Crippen LogP contribution in [0.25, 0.3) is 0 Å². The zero-order valence-corrected chi connectivity index (χ0v) is 9.87. The first-order valence-corrected chi connectivity index (χ1v) is 7.32. The molecular formula is C11H8N2OS2. The fourth-order valence-corrected chi connectivity index (χ4v) is 5.04. The van der Waals surface area contributed by atoms with Gasteiger partial charge in [0.15, 0.2) is 6.29 Å². The molecule has 0 saturated carbocycles. The summed E-state index contributed by atoms with van der Waals surface area (Å²) in [5.74, 6) is 0. The molecule has 2 aliphatic rings. The molecule has 0 fully saturated rings. The smallest absolute Gasteiger partial charge is 0.171 e. The molecular weight excluding hydrogens is 240 g/mol. The average Bonchev–Trinajstić information content (AvgIpc) is 2.91. The van der Waals surface area contributed by atoms with E-state index < -0.39 is 0 Å². The molecule has 0 saturated heterocycles. The highest BCUT2D eigenvalue weighted by Gasteiger charge is 2.27. The van der Waals surface area contributed by atoms with E-state index in [-0.39, 0.29) is 9.70 Å². The highest BCUT2D eigenvalue weighted by atomic mass is 33.1. The van der Waals surface area contributed by atoms with Crippen molar-refractivity contribution in [3.8, 4) is 0 Å². The van der Waals surface area contributed by atoms with Gasteiger partial charge in [-0.2, -0.15) is 5.10 Å². The molecule has 0 amide bonds. The SMILES string of the molecule is O=CC1=NN(c2ccccc2)S2=C1C=CS2. The number of rotatable bonds is 2. The van der Waals surface area contributed by atoms with Crippen molar-refractivity contribution >= 4 is 43.0 Å². The second kappa shape index (κ2) is 3.92. The van der Waals surface area contributed by atoms with Gasteiger partial charge in [-0.3, -0.25) is 4.79 Å². The summed E-state index contributed by atoms with van der Waals surface area (Å²) in [5.41, 5.74) is 1.57. The number of hydrogen-bond acceptors (Lipinski definition) is 4. The van der Waals surface area contributed by atoms with Crippen LogP contribution in [-0.2, 0) is 4.79 Å². The summed E-state index contributed by atoms with van der Waals surface area (Å²) in [4.78, 5) is 11.9. The van der Waals surface area contributed by atoms with Crippen LogP contribution >= 0.6 is 20.5 Å². The first kappa shape index (κ1) is 9.86. The number of nitrogens with zero attached hydrogens (tertiary/aromatic N) is 2. The monoisotopic (exact) mass is 248 g/mol. The molecule has 2 aliphatic heterocycles. The molecule has 1 aromatic rings. The third-order valence-corrected chi connectivity index (χ3v) is 5.85. The van der Waals surface area contributed by atoms with Crippen LogP contribution in [0.5, 0.6) is 0 Å². The van der Waals surface area contributed by atoms with E-state index in [1.807, 2.05) is 46.2 Å². The fourth-order valence-electron chi connectivity index (χ4n) is 1.54. The zero-order valence-electron chi connectivity index (χ0n) is 8.24. The number of aldehydes is 1. The normalized spacial score (nSPS) is 22.2. The Morgan fingerprint density at radius 2 is 2.12 bits per heavy atom. The highest BCUT2D eigenvalue weighted by molar-refractivity contribution is 8.86. The summed E-state index contributed by atoms with van der Waals surface area (Å²) < 4.78 is 1.92. The molecule has 0 aliphatic carbocycles. The van der Waals surface area contributed by atoms with Crippen LogP contribution in [-0.4, -0.2) is 16.9 Å². The first-order chi connectivity index (χ1) is 7.90. The number of hydrogen-bond donors (Lipinski definition) is 0. The quantitative estimate of drug-likeness (QED) is 0.458. The summed E-state index contributed by atoms with van der Waals surface area (Å²) in [6.45, 7) is 0. The second-order valence-corrected chi connectivity index (χ2v) is 6.50. The van der Waals surface area contributed by atoms with Crippen LogP contribution in [0.3, 0.4) is 0 Å².